The van der Waals surface area contributed by atoms with Crippen molar-refractivity contribution in [2.24, 2.45) is 0 Å². The van der Waals surface area contributed by atoms with Gasteiger partial charge in [-0.25, -0.2) is 0 Å². The second kappa shape index (κ2) is 9.31. The van der Waals surface area contributed by atoms with Gasteiger partial charge in [0.05, 0.1) is 14.2 Å². The molecule has 27 heavy (non-hydrogen) atoms. The molecule has 1 unspecified atom stereocenters. The van der Waals surface area contributed by atoms with Crippen molar-refractivity contribution in [2.45, 2.75) is 25.2 Å². The van der Waals surface area contributed by atoms with Gasteiger partial charge in [0.25, 0.3) is 5.91 Å². The van der Waals surface area contributed by atoms with Gasteiger partial charge in [0, 0.05) is 19.0 Å². The van der Waals surface area contributed by atoms with Crippen LogP contribution in [0.5, 0.6) is 17.2 Å². The maximum Gasteiger partial charge on any atom is 0.260 e. The first-order valence-electron chi connectivity index (χ1n) is 9.38. The Bertz CT molecular complexity index is 727. The molecule has 1 fully saturated rings. The molecule has 1 amide bonds. The Balaban J connectivity index is 1.59. The molecule has 3 rings (SSSR count). The normalized spacial score (nSPS) is 17.1. The van der Waals surface area contributed by atoms with Crippen LogP contribution in [-0.2, 0) is 4.79 Å². The Morgan fingerprint density at radius 1 is 0.926 bits per heavy atom. The van der Waals surface area contributed by atoms with Crippen LogP contribution in [-0.4, -0.2) is 44.7 Å². The fourth-order valence-corrected chi connectivity index (χ4v) is 3.42. The number of nitrogens with zero attached hydrogens (tertiary/aromatic N) is 1. The van der Waals surface area contributed by atoms with Gasteiger partial charge in [-0.3, -0.25) is 4.79 Å². The number of hydrogen-bond acceptors (Lipinski definition) is 4. The molecular formula is C22H27NO4. The van der Waals surface area contributed by atoms with E-state index in [0.29, 0.717) is 11.7 Å². The molecule has 0 N–H and O–H groups in total. The highest BCUT2D eigenvalue weighted by Crippen LogP contribution is 2.28. The van der Waals surface area contributed by atoms with E-state index in [1.54, 1.807) is 14.2 Å². The molecule has 5 heteroatoms. The van der Waals surface area contributed by atoms with Crippen molar-refractivity contribution in [1.29, 1.82) is 0 Å². The minimum atomic E-state index is 0.0335. The van der Waals surface area contributed by atoms with E-state index in [4.69, 9.17) is 14.2 Å². The first-order chi connectivity index (χ1) is 13.2. The highest BCUT2D eigenvalue weighted by molar-refractivity contribution is 5.78. The summed E-state index contributed by atoms with van der Waals surface area (Å²) in [6, 6.07) is 15.5. The molecule has 5 nitrogen and oxygen atoms in total. The highest BCUT2D eigenvalue weighted by atomic mass is 16.5. The fourth-order valence-electron chi connectivity index (χ4n) is 3.42. The number of amides is 1. The standard InChI is InChI=1S/C22H27NO4/c1-25-19-8-6-17(7-9-19)18-5-3-4-14-23(15-18)22(24)16-27-21-12-10-20(26-2)11-13-21/h6-13,18H,3-5,14-16H2,1-2H3. The van der Waals surface area contributed by atoms with Crippen LogP contribution in [0, 0.1) is 0 Å². The van der Waals surface area contributed by atoms with Crippen LogP contribution < -0.4 is 14.2 Å². The quantitative estimate of drug-likeness (QED) is 0.775. The summed E-state index contributed by atoms with van der Waals surface area (Å²) < 4.78 is 16.0. The molecule has 1 aliphatic rings. The number of benzene rings is 2. The van der Waals surface area contributed by atoms with Gasteiger partial charge in [-0.1, -0.05) is 18.6 Å². The second-order valence-corrected chi connectivity index (χ2v) is 6.77. The summed E-state index contributed by atoms with van der Waals surface area (Å²) in [5, 5.41) is 0. The minimum absolute atomic E-state index is 0.0335. The summed E-state index contributed by atoms with van der Waals surface area (Å²) in [5.41, 5.74) is 1.26. The number of hydrogen-bond donors (Lipinski definition) is 0. The van der Waals surface area contributed by atoms with E-state index in [0.717, 1.165) is 43.9 Å². The van der Waals surface area contributed by atoms with E-state index in [1.165, 1.54) is 5.56 Å². The Kier molecular flexibility index (Phi) is 6.58. The molecule has 144 valence electrons. The van der Waals surface area contributed by atoms with Gasteiger partial charge in [0.15, 0.2) is 6.61 Å². The first-order valence-corrected chi connectivity index (χ1v) is 9.38. The molecule has 1 atom stereocenters. The Morgan fingerprint density at radius 3 is 2.15 bits per heavy atom. The zero-order valence-corrected chi connectivity index (χ0v) is 16.0. The van der Waals surface area contributed by atoms with Gasteiger partial charge in [-0.2, -0.15) is 0 Å². The number of likely N-dealkylation sites (tertiary alicyclic amines) is 1. The molecule has 0 aromatic heterocycles. The topological polar surface area (TPSA) is 48.0 Å². The molecule has 1 heterocycles. The summed E-state index contributed by atoms with van der Waals surface area (Å²) in [5.74, 6) is 2.68. The summed E-state index contributed by atoms with van der Waals surface area (Å²) in [6.45, 7) is 1.58. The van der Waals surface area contributed by atoms with Crippen LogP contribution in [0.1, 0.15) is 30.7 Å². The first kappa shape index (κ1) is 19.1. The zero-order chi connectivity index (χ0) is 19.1. The van der Waals surface area contributed by atoms with Crippen molar-refractivity contribution in [3.63, 3.8) is 0 Å². The third-order valence-electron chi connectivity index (χ3n) is 5.03. The molecule has 1 saturated heterocycles. The molecule has 0 aliphatic carbocycles. The Labute approximate surface area is 160 Å². The summed E-state index contributed by atoms with van der Waals surface area (Å²) in [4.78, 5) is 14.6. The van der Waals surface area contributed by atoms with E-state index in [1.807, 2.05) is 41.3 Å². The predicted octanol–water partition coefficient (Wildman–Crippen LogP) is 3.88. The molecule has 0 spiro atoms. The van der Waals surface area contributed by atoms with Crippen molar-refractivity contribution in [1.82, 2.24) is 4.90 Å². The van der Waals surface area contributed by atoms with Crippen LogP contribution in [0.15, 0.2) is 48.5 Å². The van der Waals surface area contributed by atoms with Crippen molar-refractivity contribution in [2.75, 3.05) is 33.9 Å². The highest BCUT2D eigenvalue weighted by Gasteiger charge is 2.23. The van der Waals surface area contributed by atoms with Crippen LogP contribution in [0.25, 0.3) is 0 Å². The lowest BCUT2D eigenvalue weighted by Crippen LogP contribution is -2.37. The summed E-state index contributed by atoms with van der Waals surface area (Å²) in [7, 11) is 3.29. The average Bonchev–Trinajstić information content (AvgIpc) is 2.99. The van der Waals surface area contributed by atoms with Crippen LogP contribution >= 0.6 is 0 Å². The van der Waals surface area contributed by atoms with Crippen LogP contribution in [0.4, 0.5) is 0 Å². The molecule has 1 aliphatic heterocycles. The van der Waals surface area contributed by atoms with E-state index < -0.39 is 0 Å². The largest absolute Gasteiger partial charge is 0.497 e. The third-order valence-corrected chi connectivity index (χ3v) is 5.03. The van der Waals surface area contributed by atoms with Crippen molar-refractivity contribution >= 4 is 5.91 Å². The fraction of sp³-hybridized carbons (Fsp3) is 0.409. The van der Waals surface area contributed by atoms with Gasteiger partial charge in [-0.15, -0.1) is 0 Å². The Hall–Kier alpha value is -2.69. The van der Waals surface area contributed by atoms with Gasteiger partial charge >= 0.3 is 0 Å². The van der Waals surface area contributed by atoms with Gasteiger partial charge in [0.1, 0.15) is 17.2 Å². The van der Waals surface area contributed by atoms with Crippen molar-refractivity contribution < 1.29 is 19.0 Å². The number of rotatable bonds is 6. The molecule has 2 aromatic carbocycles. The lowest BCUT2D eigenvalue weighted by Gasteiger charge is -2.25. The molecular weight excluding hydrogens is 342 g/mol. The monoisotopic (exact) mass is 369 g/mol. The maximum absolute atomic E-state index is 12.7. The van der Waals surface area contributed by atoms with E-state index in [2.05, 4.69) is 12.1 Å². The lowest BCUT2D eigenvalue weighted by atomic mass is 9.94. The number of carbonyl (C=O) groups excluding carboxylic acids is 1. The van der Waals surface area contributed by atoms with E-state index in [-0.39, 0.29) is 12.5 Å². The zero-order valence-electron chi connectivity index (χ0n) is 16.0. The SMILES string of the molecule is COc1ccc(OCC(=O)N2CCCCC(c3ccc(OC)cc3)C2)cc1. The number of ether oxygens (including phenoxy) is 3. The van der Waals surface area contributed by atoms with Crippen LogP contribution in [0.2, 0.25) is 0 Å². The van der Waals surface area contributed by atoms with Gasteiger partial charge < -0.3 is 19.1 Å². The smallest absolute Gasteiger partial charge is 0.260 e. The van der Waals surface area contributed by atoms with Crippen LogP contribution in [0.3, 0.4) is 0 Å². The van der Waals surface area contributed by atoms with E-state index in [9.17, 15) is 4.79 Å². The van der Waals surface area contributed by atoms with Gasteiger partial charge in [0.2, 0.25) is 0 Å². The molecule has 0 saturated carbocycles. The minimum Gasteiger partial charge on any atom is -0.497 e. The maximum atomic E-state index is 12.7. The van der Waals surface area contributed by atoms with Gasteiger partial charge in [-0.05, 0) is 54.8 Å². The van der Waals surface area contributed by atoms with Crippen molar-refractivity contribution in [3.8, 4) is 17.2 Å². The molecule has 2 aromatic rings. The third kappa shape index (κ3) is 5.16. The van der Waals surface area contributed by atoms with E-state index >= 15 is 0 Å². The number of carbonyl (C=O) groups is 1. The summed E-state index contributed by atoms with van der Waals surface area (Å²) >= 11 is 0. The predicted molar refractivity (Wildman–Crippen MR) is 105 cm³/mol. The second-order valence-electron chi connectivity index (χ2n) is 6.77. The van der Waals surface area contributed by atoms with Crippen molar-refractivity contribution in [3.05, 3.63) is 54.1 Å². The number of methoxy groups -OCH3 is 2. The lowest BCUT2D eigenvalue weighted by molar-refractivity contribution is -0.133. The molecule has 0 bridgehead atoms. The average molecular weight is 369 g/mol. The Morgan fingerprint density at radius 2 is 1.52 bits per heavy atom. The summed E-state index contributed by atoms with van der Waals surface area (Å²) in [6.07, 6.45) is 3.25. The molecule has 0 radical (unpaired) electrons.